The monoisotopic (exact) mass is 506 g/mol. The number of amides is 2. The fraction of sp³-hybridized carbons (Fsp3) is 0.478. The SMILES string of the molecule is CC(C)CC(NS(=O)(=O)c1ccccc1)C(=O)NC1Cc2nc(cs2)CCCCNC(=O)C1=O. The highest BCUT2D eigenvalue weighted by Gasteiger charge is 2.33. The van der Waals surface area contributed by atoms with Crippen LogP contribution in [0.3, 0.4) is 0 Å². The molecule has 184 valence electrons. The van der Waals surface area contributed by atoms with E-state index < -0.39 is 39.7 Å². The first-order valence-corrected chi connectivity index (χ1v) is 13.6. The van der Waals surface area contributed by atoms with Crippen molar-refractivity contribution in [3.8, 4) is 0 Å². The second-order valence-electron chi connectivity index (χ2n) is 8.69. The van der Waals surface area contributed by atoms with E-state index in [0.29, 0.717) is 18.0 Å². The maximum absolute atomic E-state index is 13.2. The number of rotatable bonds is 7. The Hall–Kier alpha value is -2.63. The van der Waals surface area contributed by atoms with Crippen LogP contribution in [-0.4, -0.2) is 49.6 Å². The Kier molecular flexibility index (Phi) is 8.92. The molecule has 34 heavy (non-hydrogen) atoms. The van der Waals surface area contributed by atoms with Crippen molar-refractivity contribution in [1.29, 1.82) is 0 Å². The second-order valence-corrected chi connectivity index (χ2v) is 11.3. The number of thiazole rings is 1. The van der Waals surface area contributed by atoms with Crippen molar-refractivity contribution in [2.24, 2.45) is 5.92 Å². The molecule has 0 aliphatic carbocycles. The van der Waals surface area contributed by atoms with Gasteiger partial charge in [-0.1, -0.05) is 32.0 Å². The molecule has 1 aliphatic rings. The van der Waals surface area contributed by atoms with E-state index in [1.54, 1.807) is 18.2 Å². The van der Waals surface area contributed by atoms with Crippen LogP contribution < -0.4 is 15.4 Å². The van der Waals surface area contributed by atoms with Gasteiger partial charge in [-0.3, -0.25) is 14.4 Å². The van der Waals surface area contributed by atoms with Gasteiger partial charge in [0.25, 0.3) is 5.91 Å². The molecule has 3 N–H and O–H groups in total. The lowest BCUT2D eigenvalue weighted by atomic mass is 10.0. The second kappa shape index (κ2) is 11.7. The fourth-order valence-corrected chi connectivity index (χ4v) is 5.73. The zero-order valence-corrected chi connectivity index (χ0v) is 20.9. The molecule has 2 unspecified atom stereocenters. The maximum Gasteiger partial charge on any atom is 0.289 e. The number of fused-ring (bicyclic) bond motifs is 2. The van der Waals surface area contributed by atoms with Crippen molar-refractivity contribution in [2.45, 2.75) is 62.9 Å². The minimum Gasteiger partial charge on any atom is -0.349 e. The van der Waals surface area contributed by atoms with Crippen LogP contribution in [0.2, 0.25) is 0 Å². The molecule has 2 aromatic rings. The summed E-state index contributed by atoms with van der Waals surface area (Å²) < 4.78 is 28.1. The van der Waals surface area contributed by atoms with Crippen molar-refractivity contribution in [3.63, 3.8) is 0 Å². The number of aromatic nitrogens is 1. The number of ketones is 1. The molecule has 0 fully saturated rings. The summed E-state index contributed by atoms with van der Waals surface area (Å²) in [7, 11) is -3.97. The van der Waals surface area contributed by atoms with Crippen LogP contribution in [0, 0.1) is 5.92 Å². The van der Waals surface area contributed by atoms with E-state index in [1.165, 1.54) is 23.5 Å². The lowest BCUT2D eigenvalue weighted by Crippen LogP contribution is -2.54. The smallest absolute Gasteiger partial charge is 0.289 e. The van der Waals surface area contributed by atoms with E-state index in [0.717, 1.165) is 18.5 Å². The summed E-state index contributed by atoms with van der Waals surface area (Å²) in [5.41, 5.74) is 0.915. The standard InChI is InChI=1S/C23H30N4O5S2/c1-15(2)12-19(27-34(31,32)17-9-4-3-5-10-17)22(29)26-18-13-20-25-16(14-33-20)8-6-7-11-24-23(30)21(18)28/h3-5,9-10,14-15,18-19,27H,6-8,11-13H2,1-2H3,(H,24,30)(H,26,29). The molecule has 0 radical (unpaired) electrons. The van der Waals surface area contributed by atoms with Crippen LogP contribution in [0.1, 0.15) is 43.8 Å². The van der Waals surface area contributed by atoms with Crippen LogP contribution in [0.25, 0.3) is 0 Å². The molecular formula is C23H30N4O5S2. The Labute approximate surface area is 203 Å². The maximum atomic E-state index is 13.2. The number of hydrogen-bond donors (Lipinski definition) is 3. The van der Waals surface area contributed by atoms with Crippen LogP contribution in [0.5, 0.6) is 0 Å². The Balaban J connectivity index is 1.82. The summed E-state index contributed by atoms with van der Waals surface area (Å²) in [4.78, 5) is 43.0. The Morgan fingerprint density at radius 2 is 1.94 bits per heavy atom. The van der Waals surface area contributed by atoms with Gasteiger partial charge in [0, 0.05) is 18.3 Å². The van der Waals surface area contributed by atoms with Gasteiger partial charge in [-0.05, 0) is 43.7 Å². The Bertz CT molecular complexity index is 1120. The third-order valence-corrected chi connectivity index (χ3v) is 7.76. The molecule has 2 atom stereocenters. The highest BCUT2D eigenvalue weighted by atomic mass is 32.2. The van der Waals surface area contributed by atoms with Crippen molar-refractivity contribution >= 4 is 39.0 Å². The van der Waals surface area contributed by atoms with E-state index in [-0.39, 0.29) is 23.7 Å². The molecule has 0 saturated carbocycles. The van der Waals surface area contributed by atoms with Crippen molar-refractivity contribution in [2.75, 3.05) is 6.54 Å². The average molecular weight is 507 g/mol. The molecule has 11 heteroatoms. The lowest BCUT2D eigenvalue weighted by Gasteiger charge is -2.23. The van der Waals surface area contributed by atoms with Gasteiger partial charge in [0.1, 0.15) is 12.1 Å². The zero-order chi connectivity index (χ0) is 24.7. The summed E-state index contributed by atoms with van der Waals surface area (Å²) in [5, 5.41) is 7.78. The molecule has 2 heterocycles. The predicted octanol–water partition coefficient (Wildman–Crippen LogP) is 1.59. The third kappa shape index (κ3) is 7.18. The van der Waals surface area contributed by atoms with Gasteiger partial charge in [-0.2, -0.15) is 4.72 Å². The van der Waals surface area contributed by atoms with Gasteiger partial charge in [-0.25, -0.2) is 13.4 Å². The number of sulfonamides is 1. The first-order valence-electron chi connectivity index (χ1n) is 11.3. The van der Waals surface area contributed by atoms with E-state index in [9.17, 15) is 22.8 Å². The minimum atomic E-state index is -3.97. The Morgan fingerprint density at radius 1 is 1.21 bits per heavy atom. The van der Waals surface area contributed by atoms with Gasteiger partial charge in [0.15, 0.2) is 0 Å². The molecule has 1 aromatic heterocycles. The van der Waals surface area contributed by atoms with Crippen LogP contribution in [0.15, 0.2) is 40.6 Å². The molecular weight excluding hydrogens is 476 g/mol. The summed E-state index contributed by atoms with van der Waals surface area (Å²) in [6, 6.07) is 5.49. The third-order valence-electron chi connectivity index (χ3n) is 5.35. The molecule has 3 rings (SSSR count). The van der Waals surface area contributed by atoms with Crippen LogP contribution >= 0.6 is 11.3 Å². The van der Waals surface area contributed by atoms with E-state index in [2.05, 4.69) is 20.3 Å². The number of Topliss-reactive ketones (excluding diaryl/α,β-unsaturated/α-hetero) is 1. The minimum absolute atomic E-state index is 0.00828. The van der Waals surface area contributed by atoms with Gasteiger partial charge < -0.3 is 10.6 Å². The van der Waals surface area contributed by atoms with Gasteiger partial charge in [0.05, 0.1) is 15.6 Å². The Morgan fingerprint density at radius 3 is 2.65 bits per heavy atom. The zero-order valence-electron chi connectivity index (χ0n) is 19.2. The first kappa shape index (κ1) is 26.0. The number of hydrogen-bond acceptors (Lipinski definition) is 7. The average Bonchev–Trinajstić information content (AvgIpc) is 3.24. The van der Waals surface area contributed by atoms with Gasteiger partial charge >= 0.3 is 0 Å². The normalized spacial score (nSPS) is 18.5. The lowest BCUT2D eigenvalue weighted by molar-refractivity contribution is -0.140. The molecule has 0 saturated heterocycles. The topological polar surface area (TPSA) is 134 Å². The van der Waals surface area contributed by atoms with Crippen molar-refractivity contribution < 1.29 is 22.8 Å². The molecule has 1 aliphatic heterocycles. The molecule has 0 spiro atoms. The summed E-state index contributed by atoms with van der Waals surface area (Å²) in [5.74, 6) is -2.22. The van der Waals surface area contributed by atoms with Gasteiger partial charge in [0.2, 0.25) is 21.7 Å². The summed E-state index contributed by atoms with van der Waals surface area (Å²) in [6.45, 7) is 4.08. The van der Waals surface area contributed by atoms with E-state index in [1.807, 2.05) is 19.2 Å². The number of carbonyl (C=O) groups is 3. The van der Waals surface area contributed by atoms with E-state index in [4.69, 9.17) is 0 Å². The molecule has 2 amide bonds. The van der Waals surface area contributed by atoms with Gasteiger partial charge in [-0.15, -0.1) is 11.3 Å². The number of carbonyl (C=O) groups excluding carboxylic acids is 3. The number of aryl methyl sites for hydroxylation is 1. The quantitative estimate of drug-likeness (QED) is 0.488. The molecule has 1 aromatic carbocycles. The molecule has 9 nitrogen and oxygen atoms in total. The number of benzene rings is 1. The first-order chi connectivity index (χ1) is 16.2. The van der Waals surface area contributed by atoms with E-state index >= 15 is 0 Å². The number of nitrogens with one attached hydrogen (secondary N) is 3. The summed E-state index contributed by atoms with van der Waals surface area (Å²) >= 11 is 1.37. The molecule has 2 bridgehead atoms. The van der Waals surface area contributed by atoms with Crippen LogP contribution in [0.4, 0.5) is 0 Å². The summed E-state index contributed by atoms with van der Waals surface area (Å²) in [6.07, 6.45) is 2.60. The fourth-order valence-electron chi connectivity index (χ4n) is 3.63. The number of nitrogens with zero attached hydrogens (tertiary/aromatic N) is 1. The predicted molar refractivity (Wildman–Crippen MR) is 129 cm³/mol. The van der Waals surface area contributed by atoms with Crippen molar-refractivity contribution in [3.05, 3.63) is 46.4 Å². The van der Waals surface area contributed by atoms with Crippen LogP contribution in [-0.2, 0) is 37.2 Å². The highest BCUT2D eigenvalue weighted by Crippen LogP contribution is 2.16. The largest absolute Gasteiger partial charge is 0.349 e. The van der Waals surface area contributed by atoms with Crippen molar-refractivity contribution in [1.82, 2.24) is 20.3 Å². The highest BCUT2D eigenvalue weighted by molar-refractivity contribution is 7.89.